The van der Waals surface area contributed by atoms with Crippen LogP contribution < -0.4 is 0 Å². The summed E-state index contributed by atoms with van der Waals surface area (Å²) in [6, 6.07) is 10.5. The molecule has 1 atom stereocenters. The Morgan fingerprint density at radius 3 is 1.94 bits per heavy atom. The van der Waals surface area contributed by atoms with E-state index < -0.39 is 6.10 Å². The number of aryl methyl sites for hydroxylation is 1. The maximum Gasteiger partial charge on any atom is 0.104 e. The molecule has 0 bridgehead atoms. The molecular formula is C14H11Cl3O. The molecule has 0 aliphatic rings. The topological polar surface area (TPSA) is 20.2 Å². The predicted octanol–water partition coefficient (Wildman–Crippen LogP) is 5.04. The number of hydrogen-bond donors (Lipinski definition) is 1. The Morgan fingerprint density at radius 2 is 1.39 bits per heavy atom. The normalized spacial score (nSPS) is 12.5. The smallest absolute Gasteiger partial charge is 0.104 e. The van der Waals surface area contributed by atoms with Crippen molar-refractivity contribution in [2.75, 3.05) is 0 Å². The second-order valence-electron chi connectivity index (χ2n) is 4.08. The minimum Gasteiger partial charge on any atom is -0.384 e. The molecule has 2 aromatic rings. The van der Waals surface area contributed by atoms with Gasteiger partial charge in [-0.1, -0.05) is 53.0 Å². The fourth-order valence-corrected chi connectivity index (χ4v) is 2.15. The highest BCUT2D eigenvalue weighted by atomic mass is 35.5. The summed E-state index contributed by atoms with van der Waals surface area (Å²) in [5, 5.41) is 11.8. The Labute approximate surface area is 121 Å². The Hall–Kier alpha value is -0.730. The lowest BCUT2D eigenvalue weighted by Crippen LogP contribution is -2.00. The zero-order valence-electron chi connectivity index (χ0n) is 9.62. The highest BCUT2D eigenvalue weighted by Gasteiger charge is 2.12. The molecule has 0 heterocycles. The zero-order valence-corrected chi connectivity index (χ0v) is 11.9. The molecule has 0 fully saturated rings. The van der Waals surface area contributed by atoms with E-state index in [9.17, 15) is 5.11 Å². The zero-order chi connectivity index (χ0) is 13.3. The molecule has 2 aromatic carbocycles. The first-order valence-corrected chi connectivity index (χ1v) is 6.51. The van der Waals surface area contributed by atoms with E-state index in [0.717, 1.165) is 11.1 Å². The standard InChI is InChI=1S/C14H11Cl3O/c1-8-2-3-9(6-12(8)16)14(18)10-4-5-11(15)13(17)7-10/h2-7,14,18H,1H3. The number of benzene rings is 2. The number of halogens is 3. The molecule has 0 amide bonds. The second kappa shape index (κ2) is 5.50. The molecule has 0 aromatic heterocycles. The van der Waals surface area contributed by atoms with Crippen LogP contribution in [-0.4, -0.2) is 5.11 Å². The number of hydrogen-bond acceptors (Lipinski definition) is 1. The van der Waals surface area contributed by atoms with Gasteiger partial charge in [-0.15, -0.1) is 0 Å². The van der Waals surface area contributed by atoms with Crippen molar-refractivity contribution in [3.63, 3.8) is 0 Å². The van der Waals surface area contributed by atoms with Crippen molar-refractivity contribution in [1.29, 1.82) is 0 Å². The van der Waals surface area contributed by atoms with Crippen LogP contribution in [0.5, 0.6) is 0 Å². The lowest BCUT2D eigenvalue weighted by Gasteiger charge is -2.13. The van der Waals surface area contributed by atoms with E-state index >= 15 is 0 Å². The number of aliphatic hydroxyl groups is 1. The lowest BCUT2D eigenvalue weighted by molar-refractivity contribution is 0.220. The van der Waals surface area contributed by atoms with Gasteiger partial charge >= 0.3 is 0 Å². The largest absolute Gasteiger partial charge is 0.384 e. The molecule has 0 spiro atoms. The molecule has 18 heavy (non-hydrogen) atoms. The third kappa shape index (κ3) is 2.81. The molecule has 1 N–H and O–H groups in total. The van der Waals surface area contributed by atoms with Crippen molar-refractivity contribution in [3.8, 4) is 0 Å². The monoisotopic (exact) mass is 300 g/mol. The summed E-state index contributed by atoms with van der Waals surface area (Å²) in [6.07, 6.45) is -0.766. The minimum atomic E-state index is -0.766. The summed E-state index contributed by atoms with van der Waals surface area (Å²) >= 11 is 17.8. The van der Waals surface area contributed by atoms with Crippen molar-refractivity contribution in [3.05, 3.63) is 68.2 Å². The Balaban J connectivity index is 2.37. The van der Waals surface area contributed by atoms with Crippen molar-refractivity contribution in [2.45, 2.75) is 13.0 Å². The molecule has 0 aliphatic carbocycles. The van der Waals surface area contributed by atoms with Crippen LogP contribution in [-0.2, 0) is 0 Å². The molecule has 4 heteroatoms. The summed E-state index contributed by atoms with van der Waals surface area (Å²) in [5.74, 6) is 0. The van der Waals surface area contributed by atoms with Crippen LogP contribution in [0.2, 0.25) is 15.1 Å². The Kier molecular flexibility index (Phi) is 4.18. The molecule has 2 rings (SSSR count). The van der Waals surface area contributed by atoms with Gasteiger partial charge in [0.25, 0.3) is 0 Å². The van der Waals surface area contributed by atoms with Crippen molar-refractivity contribution in [2.24, 2.45) is 0 Å². The third-order valence-electron chi connectivity index (χ3n) is 2.77. The van der Waals surface area contributed by atoms with Crippen LogP contribution in [0.15, 0.2) is 36.4 Å². The molecule has 1 nitrogen and oxygen atoms in total. The van der Waals surface area contributed by atoms with Gasteiger partial charge in [0, 0.05) is 5.02 Å². The average molecular weight is 302 g/mol. The van der Waals surface area contributed by atoms with E-state index in [-0.39, 0.29) is 0 Å². The third-order valence-corrected chi connectivity index (χ3v) is 3.92. The summed E-state index contributed by atoms with van der Waals surface area (Å²) in [5.41, 5.74) is 2.38. The molecule has 0 aliphatic heterocycles. The van der Waals surface area contributed by atoms with Gasteiger partial charge in [0.2, 0.25) is 0 Å². The average Bonchev–Trinajstić information content (AvgIpc) is 2.35. The van der Waals surface area contributed by atoms with E-state index in [2.05, 4.69) is 0 Å². The minimum absolute atomic E-state index is 0.423. The molecule has 0 radical (unpaired) electrons. The SMILES string of the molecule is Cc1ccc(C(O)c2ccc(Cl)c(Cl)c2)cc1Cl. The van der Waals surface area contributed by atoms with Crippen molar-refractivity contribution >= 4 is 34.8 Å². The van der Waals surface area contributed by atoms with E-state index in [0.29, 0.717) is 20.6 Å². The summed E-state index contributed by atoms with van der Waals surface area (Å²) in [6.45, 7) is 1.91. The van der Waals surface area contributed by atoms with Gasteiger partial charge < -0.3 is 5.11 Å². The maximum absolute atomic E-state index is 10.3. The quantitative estimate of drug-likeness (QED) is 0.824. The van der Waals surface area contributed by atoms with Gasteiger partial charge in [0.1, 0.15) is 6.10 Å². The Bertz CT molecular complexity index is 530. The van der Waals surface area contributed by atoms with Gasteiger partial charge in [0.05, 0.1) is 10.0 Å². The predicted molar refractivity (Wildman–Crippen MR) is 76.7 cm³/mol. The van der Waals surface area contributed by atoms with Crippen LogP contribution in [0, 0.1) is 6.92 Å². The van der Waals surface area contributed by atoms with E-state index in [1.54, 1.807) is 24.3 Å². The van der Waals surface area contributed by atoms with Gasteiger partial charge in [-0.05, 0) is 41.8 Å². The van der Waals surface area contributed by atoms with Crippen LogP contribution in [0.1, 0.15) is 22.8 Å². The van der Waals surface area contributed by atoms with E-state index in [1.807, 2.05) is 19.1 Å². The van der Waals surface area contributed by atoms with Gasteiger partial charge in [-0.3, -0.25) is 0 Å². The highest BCUT2D eigenvalue weighted by molar-refractivity contribution is 6.42. The number of rotatable bonds is 2. The fourth-order valence-electron chi connectivity index (χ4n) is 1.65. The van der Waals surface area contributed by atoms with Gasteiger partial charge in [-0.25, -0.2) is 0 Å². The second-order valence-corrected chi connectivity index (χ2v) is 5.31. The summed E-state index contributed by atoms with van der Waals surface area (Å²) in [7, 11) is 0. The summed E-state index contributed by atoms with van der Waals surface area (Å²) in [4.78, 5) is 0. The van der Waals surface area contributed by atoms with Crippen LogP contribution >= 0.6 is 34.8 Å². The first kappa shape index (κ1) is 13.7. The molecule has 1 unspecified atom stereocenters. The van der Waals surface area contributed by atoms with Gasteiger partial charge in [-0.2, -0.15) is 0 Å². The van der Waals surface area contributed by atoms with Crippen molar-refractivity contribution < 1.29 is 5.11 Å². The van der Waals surface area contributed by atoms with Crippen LogP contribution in [0.3, 0.4) is 0 Å². The Morgan fingerprint density at radius 1 is 0.833 bits per heavy atom. The van der Waals surface area contributed by atoms with Crippen molar-refractivity contribution in [1.82, 2.24) is 0 Å². The van der Waals surface area contributed by atoms with E-state index in [4.69, 9.17) is 34.8 Å². The number of aliphatic hydroxyl groups excluding tert-OH is 1. The highest BCUT2D eigenvalue weighted by Crippen LogP contribution is 2.30. The molecule has 0 saturated carbocycles. The fraction of sp³-hybridized carbons (Fsp3) is 0.143. The first-order valence-electron chi connectivity index (χ1n) is 5.38. The molecule has 94 valence electrons. The lowest BCUT2D eigenvalue weighted by atomic mass is 10.0. The van der Waals surface area contributed by atoms with Crippen LogP contribution in [0.4, 0.5) is 0 Å². The molecule has 0 saturated heterocycles. The van der Waals surface area contributed by atoms with Gasteiger partial charge in [0.15, 0.2) is 0 Å². The summed E-state index contributed by atoms with van der Waals surface area (Å²) < 4.78 is 0. The van der Waals surface area contributed by atoms with Crippen LogP contribution in [0.25, 0.3) is 0 Å². The van der Waals surface area contributed by atoms with E-state index in [1.165, 1.54) is 0 Å². The first-order chi connectivity index (χ1) is 8.49. The molecular weight excluding hydrogens is 291 g/mol. The maximum atomic E-state index is 10.3.